The Hall–Kier alpha value is -1.32. The molecule has 0 aliphatic heterocycles. The van der Waals surface area contributed by atoms with Gasteiger partial charge in [-0.1, -0.05) is 13.3 Å². The molecule has 78 valence electrons. The third-order valence-corrected chi connectivity index (χ3v) is 1.80. The van der Waals surface area contributed by atoms with Crippen molar-refractivity contribution in [3.63, 3.8) is 0 Å². The Bertz CT molecular complexity index is 289. The van der Waals surface area contributed by atoms with Gasteiger partial charge in [0.1, 0.15) is 0 Å². The standard InChI is InChI=1S/C10H17N3O/c1-4-5-6-14-9-7-8(2)12-10(11-3)13-9/h7H,4-6H2,1-3H3,(H,11,12,13). The third kappa shape index (κ3) is 3.20. The minimum absolute atomic E-state index is 0.608. The molecule has 0 saturated carbocycles. The Morgan fingerprint density at radius 2 is 2.21 bits per heavy atom. The fourth-order valence-electron chi connectivity index (χ4n) is 1.05. The molecule has 1 aromatic heterocycles. The minimum Gasteiger partial charge on any atom is -0.478 e. The van der Waals surface area contributed by atoms with Gasteiger partial charge in [-0.25, -0.2) is 4.98 Å². The first-order chi connectivity index (χ1) is 6.76. The van der Waals surface area contributed by atoms with Crippen molar-refractivity contribution >= 4 is 5.95 Å². The summed E-state index contributed by atoms with van der Waals surface area (Å²) in [6.45, 7) is 4.78. The fourth-order valence-corrected chi connectivity index (χ4v) is 1.05. The number of unbranched alkanes of at least 4 members (excludes halogenated alkanes) is 1. The van der Waals surface area contributed by atoms with Crippen LogP contribution in [-0.4, -0.2) is 23.6 Å². The van der Waals surface area contributed by atoms with E-state index in [9.17, 15) is 0 Å². The molecular weight excluding hydrogens is 178 g/mol. The largest absolute Gasteiger partial charge is 0.478 e. The van der Waals surface area contributed by atoms with Gasteiger partial charge in [0.05, 0.1) is 6.61 Å². The quantitative estimate of drug-likeness (QED) is 0.730. The Labute approximate surface area is 84.7 Å². The van der Waals surface area contributed by atoms with Crippen LogP contribution in [0.4, 0.5) is 5.95 Å². The van der Waals surface area contributed by atoms with Crippen LogP contribution < -0.4 is 10.1 Å². The van der Waals surface area contributed by atoms with Gasteiger partial charge in [-0.05, 0) is 13.3 Å². The molecule has 0 radical (unpaired) electrons. The van der Waals surface area contributed by atoms with Crippen molar-refractivity contribution in [2.75, 3.05) is 19.0 Å². The summed E-state index contributed by atoms with van der Waals surface area (Å²) in [6, 6.07) is 1.84. The second kappa shape index (κ2) is 5.42. The molecule has 4 nitrogen and oxygen atoms in total. The smallest absolute Gasteiger partial charge is 0.225 e. The molecule has 0 spiro atoms. The molecule has 1 heterocycles. The second-order valence-corrected chi connectivity index (χ2v) is 3.12. The summed E-state index contributed by atoms with van der Waals surface area (Å²) in [5.74, 6) is 1.26. The Balaban J connectivity index is 2.62. The zero-order valence-corrected chi connectivity index (χ0v) is 9.00. The molecule has 1 N–H and O–H groups in total. The average Bonchev–Trinajstić information content (AvgIpc) is 2.17. The van der Waals surface area contributed by atoms with E-state index in [4.69, 9.17) is 4.74 Å². The first-order valence-electron chi connectivity index (χ1n) is 4.92. The van der Waals surface area contributed by atoms with E-state index in [2.05, 4.69) is 22.2 Å². The first kappa shape index (κ1) is 10.8. The Kier molecular flexibility index (Phi) is 4.16. The van der Waals surface area contributed by atoms with Gasteiger partial charge in [-0.2, -0.15) is 4.98 Å². The molecule has 0 unspecified atom stereocenters. The maximum atomic E-state index is 5.48. The lowest BCUT2D eigenvalue weighted by Crippen LogP contribution is -2.03. The van der Waals surface area contributed by atoms with E-state index in [0.717, 1.165) is 25.1 Å². The molecule has 4 heteroatoms. The van der Waals surface area contributed by atoms with Gasteiger partial charge in [0, 0.05) is 18.8 Å². The van der Waals surface area contributed by atoms with Crippen LogP contribution in [0.2, 0.25) is 0 Å². The summed E-state index contributed by atoms with van der Waals surface area (Å²) in [7, 11) is 1.80. The summed E-state index contributed by atoms with van der Waals surface area (Å²) in [5.41, 5.74) is 0.913. The molecule has 0 amide bonds. The SMILES string of the molecule is CCCCOc1cc(C)nc(NC)n1. The summed E-state index contributed by atoms with van der Waals surface area (Å²) in [5, 5.41) is 2.90. The van der Waals surface area contributed by atoms with E-state index in [0.29, 0.717) is 11.8 Å². The van der Waals surface area contributed by atoms with Crippen LogP contribution in [0.15, 0.2) is 6.07 Å². The number of aryl methyl sites for hydroxylation is 1. The Morgan fingerprint density at radius 1 is 1.43 bits per heavy atom. The molecule has 0 fully saturated rings. The Morgan fingerprint density at radius 3 is 2.86 bits per heavy atom. The fraction of sp³-hybridized carbons (Fsp3) is 0.600. The molecule has 14 heavy (non-hydrogen) atoms. The maximum absolute atomic E-state index is 5.48. The van der Waals surface area contributed by atoms with Crippen molar-refractivity contribution in [1.29, 1.82) is 0 Å². The molecule has 0 aliphatic carbocycles. The van der Waals surface area contributed by atoms with E-state index in [-0.39, 0.29) is 0 Å². The normalized spacial score (nSPS) is 9.93. The van der Waals surface area contributed by atoms with E-state index in [1.807, 2.05) is 13.0 Å². The lowest BCUT2D eigenvalue weighted by Gasteiger charge is -2.06. The number of nitrogens with zero attached hydrogens (tertiary/aromatic N) is 2. The summed E-state index contributed by atoms with van der Waals surface area (Å²) < 4.78 is 5.48. The van der Waals surface area contributed by atoms with Crippen molar-refractivity contribution in [3.8, 4) is 5.88 Å². The van der Waals surface area contributed by atoms with E-state index < -0.39 is 0 Å². The maximum Gasteiger partial charge on any atom is 0.225 e. The van der Waals surface area contributed by atoms with Gasteiger partial charge in [-0.15, -0.1) is 0 Å². The predicted molar refractivity (Wildman–Crippen MR) is 56.7 cm³/mol. The van der Waals surface area contributed by atoms with Crippen LogP contribution in [-0.2, 0) is 0 Å². The summed E-state index contributed by atoms with van der Waals surface area (Å²) >= 11 is 0. The van der Waals surface area contributed by atoms with Crippen LogP contribution in [0, 0.1) is 6.92 Å². The monoisotopic (exact) mass is 195 g/mol. The van der Waals surface area contributed by atoms with Crippen molar-refractivity contribution < 1.29 is 4.74 Å². The molecule has 0 bridgehead atoms. The van der Waals surface area contributed by atoms with E-state index in [1.54, 1.807) is 7.05 Å². The van der Waals surface area contributed by atoms with Crippen LogP contribution in [0.5, 0.6) is 5.88 Å². The van der Waals surface area contributed by atoms with Crippen LogP contribution in [0.1, 0.15) is 25.5 Å². The molecule has 1 aromatic rings. The number of hydrogen-bond acceptors (Lipinski definition) is 4. The molecule has 0 saturated heterocycles. The zero-order valence-electron chi connectivity index (χ0n) is 9.00. The van der Waals surface area contributed by atoms with E-state index in [1.165, 1.54) is 0 Å². The van der Waals surface area contributed by atoms with Gasteiger partial charge in [-0.3, -0.25) is 0 Å². The van der Waals surface area contributed by atoms with Crippen LogP contribution in [0.3, 0.4) is 0 Å². The van der Waals surface area contributed by atoms with Crippen molar-refractivity contribution in [2.45, 2.75) is 26.7 Å². The number of rotatable bonds is 5. The van der Waals surface area contributed by atoms with Crippen LogP contribution >= 0.6 is 0 Å². The van der Waals surface area contributed by atoms with Crippen molar-refractivity contribution in [3.05, 3.63) is 11.8 Å². The zero-order chi connectivity index (χ0) is 10.4. The third-order valence-electron chi connectivity index (χ3n) is 1.80. The van der Waals surface area contributed by atoms with Gasteiger partial charge >= 0.3 is 0 Å². The summed E-state index contributed by atoms with van der Waals surface area (Å²) in [4.78, 5) is 8.36. The van der Waals surface area contributed by atoms with Gasteiger partial charge in [0.25, 0.3) is 0 Å². The minimum atomic E-state index is 0.608. The molecule has 0 atom stereocenters. The van der Waals surface area contributed by atoms with Crippen LogP contribution in [0.25, 0.3) is 0 Å². The lowest BCUT2D eigenvalue weighted by molar-refractivity contribution is 0.297. The van der Waals surface area contributed by atoms with E-state index >= 15 is 0 Å². The number of nitrogens with one attached hydrogen (secondary N) is 1. The highest BCUT2D eigenvalue weighted by molar-refractivity contribution is 5.29. The molecule has 0 aromatic carbocycles. The number of anilines is 1. The van der Waals surface area contributed by atoms with Gasteiger partial charge in [0.15, 0.2) is 0 Å². The number of ether oxygens (including phenoxy) is 1. The number of aromatic nitrogens is 2. The highest BCUT2D eigenvalue weighted by Gasteiger charge is 2.00. The topological polar surface area (TPSA) is 47.0 Å². The van der Waals surface area contributed by atoms with Crippen molar-refractivity contribution in [1.82, 2.24) is 9.97 Å². The molecule has 0 aliphatic rings. The average molecular weight is 195 g/mol. The number of hydrogen-bond donors (Lipinski definition) is 1. The lowest BCUT2D eigenvalue weighted by atomic mass is 10.4. The first-order valence-corrected chi connectivity index (χ1v) is 4.92. The van der Waals surface area contributed by atoms with Crippen molar-refractivity contribution in [2.24, 2.45) is 0 Å². The van der Waals surface area contributed by atoms with Gasteiger partial charge < -0.3 is 10.1 Å². The highest BCUT2D eigenvalue weighted by Crippen LogP contribution is 2.11. The molecular formula is C10H17N3O. The highest BCUT2D eigenvalue weighted by atomic mass is 16.5. The van der Waals surface area contributed by atoms with Gasteiger partial charge in [0.2, 0.25) is 11.8 Å². The summed E-state index contributed by atoms with van der Waals surface area (Å²) in [6.07, 6.45) is 2.18. The second-order valence-electron chi connectivity index (χ2n) is 3.12. The predicted octanol–water partition coefficient (Wildman–Crippen LogP) is 2.01. The molecule has 1 rings (SSSR count).